The maximum Gasteiger partial charge on any atom is 0.304 e. The molecule has 0 heterocycles. The van der Waals surface area contributed by atoms with Crippen molar-refractivity contribution in [3.63, 3.8) is 0 Å². The number of hydrogen-bond acceptors (Lipinski definition) is 7. The second kappa shape index (κ2) is 14.4. The lowest BCUT2D eigenvalue weighted by Crippen LogP contribution is -2.35. The summed E-state index contributed by atoms with van der Waals surface area (Å²) < 4.78 is 33.1. The van der Waals surface area contributed by atoms with Crippen molar-refractivity contribution in [1.29, 1.82) is 0 Å². The van der Waals surface area contributed by atoms with Gasteiger partial charge < -0.3 is 28.4 Å². The molecular formula is C18H36O7. The molecule has 1 unspecified atom stereocenters. The van der Waals surface area contributed by atoms with Crippen LogP contribution in [0.2, 0.25) is 0 Å². The van der Waals surface area contributed by atoms with Crippen LogP contribution in [0.3, 0.4) is 0 Å². The van der Waals surface area contributed by atoms with Gasteiger partial charge in [0.05, 0.1) is 44.7 Å². The third kappa shape index (κ3) is 16.5. The van der Waals surface area contributed by atoms with Crippen molar-refractivity contribution in [3.8, 4) is 0 Å². The Kier molecular flexibility index (Phi) is 14.0. The molecule has 1 atom stereocenters. The lowest BCUT2D eigenvalue weighted by atomic mass is 10.3. The van der Waals surface area contributed by atoms with Crippen LogP contribution in [0.4, 0.5) is 0 Å². The largest absolute Gasteiger partial charge is 0.439 e. The first-order valence-electron chi connectivity index (χ1n) is 8.92. The fourth-order valence-corrected chi connectivity index (χ4v) is 1.64. The van der Waals surface area contributed by atoms with E-state index in [0.717, 1.165) is 0 Å². The van der Waals surface area contributed by atoms with Crippen LogP contribution in [0.1, 0.15) is 48.5 Å². The van der Waals surface area contributed by atoms with E-state index >= 15 is 0 Å². The summed E-state index contributed by atoms with van der Waals surface area (Å²) in [6, 6.07) is 0. The molecule has 0 rings (SSSR count). The summed E-state index contributed by atoms with van der Waals surface area (Å²) in [4.78, 5) is 10.9. The van der Waals surface area contributed by atoms with Gasteiger partial charge in [-0.2, -0.15) is 0 Å². The first kappa shape index (κ1) is 24.3. The highest BCUT2D eigenvalue weighted by molar-refractivity contribution is 5.65. The van der Waals surface area contributed by atoms with Gasteiger partial charge in [-0.3, -0.25) is 4.79 Å². The minimum atomic E-state index is -0.391. The minimum Gasteiger partial charge on any atom is -0.439 e. The van der Waals surface area contributed by atoms with Crippen LogP contribution in [0.15, 0.2) is 0 Å². The third-order valence-electron chi connectivity index (χ3n) is 2.93. The van der Waals surface area contributed by atoms with Crippen molar-refractivity contribution in [2.24, 2.45) is 0 Å². The molecule has 0 aliphatic heterocycles. The molecule has 0 N–H and O–H groups in total. The Balaban J connectivity index is 4.46. The topological polar surface area (TPSA) is 72.5 Å². The molecule has 0 aromatic rings. The summed E-state index contributed by atoms with van der Waals surface area (Å²) in [5, 5.41) is 0. The molecule has 0 spiro atoms. The Labute approximate surface area is 152 Å². The fourth-order valence-electron chi connectivity index (χ4n) is 1.64. The third-order valence-corrected chi connectivity index (χ3v) is 2.93. The van der Waals surface area contributed by atoms with Crippen molar-refractivity contribution < 1.29 is 33.2 Å². The Hall–Kier alpha value is -0.730. The van der Waals surface area contributed by atoms with E-state index in [-0.39, 0.29) is 37.3 Å². The highest BCUT2D eigenvalue weighted by Gasteiger charge is 2.18. The summed E-state index contributed by atoms with van der Waals surface area (Å²) in [5.41, 5.74) is 0. The fraction of sp³-hybridized carbons (Fsp3) is 0.944. The average Bonchev–Trinajstić information content (AvgIpc) is 2.49. The first-order chi connectivity index (χ1) is 11.7. The number of rotatable bonds is 15. The second-order valence-electron chi connectivity index (χ2n) is 6.64. The molecule has 0 aromatic heterocycles. The van der Waals surface area contributed by atoms with E-state index in [0.29, 0.717) is 26.4 Å². The summed E-state index contributed by atoms with van der Waals surface area (Å²) in [5.74, 6) is -0.391. The van der Waals surface area contributed by atoms with E-state index in [1.54, 1.807) is 0 Å². The minimum absolute atomic E-state index is 0.0733. The highest BCUT2D eigenvalue weighted by atomic mass is 16.7. The van der Waals surface area contributed by atoms with E-state index in [1.165, 1.54) is 6.92 Å². The quantitative estimate of drug-likeness (QED) is 0.327. The van der Waals surface area contributed by atoms with Crippen LogP contribution in [0.5, 0.6) is 0 Å². The SMILES string of the molecule is CC(=O)OCOC(COC(C)C)COC(COC(C)C)COC(C)C. The second-order valence-corrected chi connectivity index (χ2v) is 6.64. The number of carbonyl (C=O) groups excluding carboxylic acids is 1. The molecular weight excluding hydrogens is 328 g/mol. The maximum atomic E-state index is 10.9. The smallest absolute Gasteiger partial charge is 0.304 e. The van der Waals surface area contributed by atoms with Crippen LogP contribution in [0, 0.1) is 0 Å². The molecule has 0 aromatic carbocycles. The molecule has 0 aliphatic rings. The molecule has 0 saturated carbocycles. The van der Waals surface area contributed by atoms with Crippen LogP contribution in [0.25, 0.3) is 0 Å². The molecule has 25 heavy (non-hydrogen) atoms. The van der Waals surface area contributed by atoms with Crippen molar-refractivity contribution in [2.45, 2.75) is 79.0 Å². The molecule has 0 amide bonds. The van der Waals surface area contributed by atoms with Crippen LogP contribution >= 0.6 is 0 Å². The average molecular weight is 364 g/mol. The van der Waals surface area contributed by atoms with Gasteiger partial charge in [0.15, 0.2) is 6.79 Å². The zero-order valence-corrected chi connectivity index (χ0v) is 16.8. The number of ether oxygens (including phenoxy) is 6. The molecule has 7 heteroatoms. The van der Waals surface area contributed by atoms with Gasteiger partial charge in [0.1, 0.15) is 12.2 Å². The summed E-state index contributed by atoms with van der Waals surface area (Å²) in [6.45, 7) is 14.5. The molecule has 0 aliphatic carbocycles. The highest BCUT2D eigenvalue weighted by Crippen LogP contribution is 2.05. The van der Waals surface area contributed by atoms with Crippen LogP contribution < -0.4 is 0 Å². The van der Waals surface area contributed by atoms with E-state index in [4.69, 9.17) is 28.4 Å². The van der Waals surface area contributed by atoms with Gasteiger partial charge in [-0.1, -0.05) is 0 Å². The predicted molar refractivity (Wildman–Crippen MR) is 94.5 cm³/mol. The van der Waals surface area contributed by atoms with Crippen molar-refractivity contribution >= 4 is 5.97 Å². The lowest BCUT2D eigenvalue weighted by Gasteiger charge is -2.24. The lowest BCUT2D eigenvalue weighted by molar-refractivity contribution is -0.172. The number of esters is 1. The van der Waals surface area contributed by atoms with Crippen molar-refractivity contribution in [3.05, 3.63) is 0 Å². The molecule has 150 valence electrons. The van der Waals surface area contributed by atoms with Crippen molar-refractivity contribution in [2.75, 3.05) is 33.2 Å². The normalized spacial score (nSPS) is 13.2. The first-order valence-corrected chi connectivity index (χ1v) is 8.92. The zero-order chi connectivity index (χ0) is 19.2. The molecule has 7 nitrogen and oxygen atoms in total. The molecule has 0 bridgehead atoms. The Morgan fingerprint density at radius 1 is 0.640 bits per heavy atom. The van der Waals surface area contributed by atoms with Crippen LogP contribution in [-0.4, -0.2) is 69.7 Å². The van der Waals surface area contributed by atoms with Gasteiger partial charge in [0, 0.05) is 6.92 Å². The molecule has 0 radical (unpaired) electrons. The standard InChI is InChI=1S/C18H36O7/c1-13(2)20-8-17(9-21-14(3)4)23-11-18(10-22-15(5)6)25-12-24-16(7)19/h13-15,17-18H,8-12H2,1-7H3. The van der Waals surface area contributed by atoms with Gasteiger partial charge >= 0.3 is 5.97 Å². The zero-order valence-electron chi connectivity index (χ0n) is 16.8. The van der Waals surface area contributed by atoms with E-state index < -0.39 is 5.97 Å². The van der Waals surface area contributed by atoms with Gasteiger partial charge in [0.25, 0.3) is 0 Å². The summed E-state index contributed by atoms with van der Waals surface area (Å²) >= 11 is 0. The van der Waals surface area contributed by atoms with Gasteiger partial charge in [-0.15, -0.1) is 0 Å². The van der Waals surface area contributed by atoms with Gasteiger partial charge in [0.2, 0.25) is 0 Å². The van der Waals surface area contributed by atoms with E-state index in [9.17, 15) is 4.79 Å². The molecule has 0 fully saturated rings. The van der Waals surface area contributed by atoms with E-state index in [2.05, 4.69) is 0 Å². The predicted octanol–water partition coefficient (Wildman–Crippen LogP) is 2.55. The monoisotopic (exact) mass is 364 g/mol. The van der Waals surface area contributed by atoms with Gasteiger partial charge in [-0.25, -0.2) is 0 Å². The summed E-state index contributed by atoms with van der Waals surface area (Å²) in [7, 11) is 0. The summed E-state index contributed by atoms with van der Waals surface area (Å²) in [6.07, 6.45) is -0.244. The van der Waals surface area contributed by atoms with Crippen molar-refractivity contribution in [1.82, 2.24) is 0 Å². The Morgan fingerprint density at radius 3 is 1.36 bits per heavy atom. The van der Waals surface area contributed by atoms with Gasteiger partial charge in [-0.05, 0) is 41.5 Å². The maximum absolute atomic E-state index is 10.9. The number of hydrogen-bond donors (Lipinski definition) is 0. The van der Waals surface area contributed by atoms with Crippen LogP contribution in [-0.2, 0) is 33.2 Å². The van der Waals surface area contributed by atoms with E-state index in [1.807, 2.05) is 41.5 Å². The molecule has 0 saturated heterocycles. The Morgan fingerprint density at radius 2 is 1.00 bits per heavy atom. The number of carbonyl (C=O) groups is 1. The Bertz CT molecular complexity index is 319.